The molecule has 1 heterocycles. The van der Waals surface area contributed by atoms with Crippen LogP contribution >= 0.6 is 0 Å². The van der Waals surface area contributed by atoms with Gasteiger partial charge >= 0.3 is 5.97 Å². The van der Waals surface area contributed by atoms with Gasteiger partial charge in [-0.05, 0) is 37.6 Å². The second-order valence-electron chi connectivity index (χ2n) is 5.02. The molecule has 21 heavy (non-hydrogen) atoms. The molecule has 0 atom stereocenters. The third-order valence-electron chi connectivity index (χ3n) is 3.24. The van der Waals surface area contributed by atoms with Gasteiger partial charge in [0.25, 0.3) is 0 Å². The lowest BCUT2D eigenvalue weighted by Crippen LogP contribution is -2.25. The molecule has 0 saturated carbocycles. The standard InChI is InChI=1S/C17H20N2O2/c1-14-7-5-8-15(18-14)13-19(12-6-11-17(20)21)16-9-3-2-4-10-16/h2-5,7-10H,6,11-13H2,1H3,(H,20,21). The van der Waals surface area contributed by atoms with Crippen molar-refractivity contribution in [3.63, 3.8) is 0 Å². The zero-order valence-corrected chi connectivity index (χ0v) is 12.2. The van der Waals surface area contributed by atoms with Crippen molar-refractivity contribution in [2.45, 2.75) is 26.3 Å². The van der Waals surface area contributed by atoms with E-state index in [1.165, 1.54) is 0 Å². The van der Waals surface area contributed by atoms with E-state index in [1.807, 2.05) is 55.5 Å². The molecule has 0 aliphatic rings. The topological polar surface area (TPSA) is 53.4 Å². The van der Waals surface area contributed by atoms with Gasteiger partial charge in [-0.3, -0.25) is 9.78 Å². The molecule has 0 spiro atoms. The summed E-state index contributed by atoms with van der Waals surface area (Å²) in [5, 5.41) is 8.79. The number of carboxylic acid groups (broad SMARTS) is 1. The molecular formula is C17H20N2O2. The van der Waals surface area contributed by atoms with Crippen LogP contribution in [0, 0.1) is 6.92 Å². The molecule has 1 aromatic heterocycles. The minimum Gasteiger partial charge on any atom is -0.481 e. The summed E-state index contributed by atoms with van der Waals surface area (Å²) in [6.07, 6.45) is 0.806. The van der Waals surface area contributed by atoms with E-state index in [0.717, 1.165) is 17.1 Å². The van der Waals surface area contributed by atoms with Crippen LogP contribution in [0.5, 0.6) is 0 Å². The lowest BCUT2D eigenvalue weighted by atomic mass is 10.2. The van der Waals surface area contributed by atoms with Gasteiger partial charge in [0.2, 0.25) is 0 Å². The van der Waals surface area contributed by atoms with Crippen LogP contribution in [0.2, 0.25) is 0 Å². The summed E-state index contributed by atoms with van der Waals surface area (Å²) in [6.45, 7) is 3.36. The average Bonchev–Trinajstić information content (AvgIpc) is 2.47. The van der Waals surface area contributed by atoms with Crippen molar-refractivity contribution >= 4 is 11.7 Å². The number of hydrogen-bond donors (Lipinski definition) is 1. The molecule has 2 rings (SSSR count). The number of aryl methyl sites for hydroxylation is 1. The summed E-state index contributed by atoms with van der Waals surface area (Å²) in [6, 6.07) is 16.0. The first-order valence-electron chi connectivity index (χ1n) is 7.09. The number of aliphatic carboxylic acids is 1. The van der Waals surface area contributed by atoms with Gasteiger partial charge in [0.15, 0.2) is 0 Å². The number of hydrogen-bond acceptors (Lipinski definition) is 3. The van der Waals surface area contributed by atoms with E-state index < -0.39 is 5.97 Å². The second kappa shape index (κ2) is 7.43. The molecule has 1 N–H and O–H groups in total. The van der Waals surface area contributed by atoms with E-state index in [4.69, 9.17) is 5.11 Å². The molecule has 4 heteroatoms. The van der Waals surface area contributed by atoms with E-state index in [1.54, 1.807) is 0 Å². The van der Waals surface area contributed by atoms with Gasteiger partial charge in [0, 0.05) is 24.3 Å². The second-order valence-corrected chi connectivity index (χ2v) is 5.02. The number of para-hydroxylation sites is 1. The fraction of sp³-hybridized carbons (Fsp3) is 0.294. The minimum absolute atomic E-state index is 0.185. The first kappa shape index (κ1) is 15.0. The third kappa shape index (κ3) is 4.91. The van der Waals surface area contributed by atoms with E-state index >= 15 is 0 Å². The number of nitrogens with zero attached hydrogens (tertiary/aromatic N) is 2. The minimum atomic E-state index is -0.753. The van der Waals surface area contributed by atoms with Crippen LogP contribution in [0.4, 0.5) is 5.69 Å². The fourth-order valence-corrected chi connectivity index (χ4v) is 2.24. The maximum Gasteiger partial charge on any atom is 0.303 e. The Morgan fingerprint density at radius 2 is 1.90 bits per heavy atom. The van der Waals surface area contributed by atoms with E-state index in [2.05, 4.69) is 9.88 Å². The third-order valence-corrected chi connectivity index (χ3v) is 3.24. The van der Waals surface area contributed by atoms with Crippen molar-refractivity contribution in [2.24, 2.45) is 0 Å². The first-order chi connectivity index (χ1) is 10.1. The summed E-state index contributed by atoms with van der Waals surface area (Å²) < 4.78 is 0. The van der Waals surface area contributed by atoms with Crippen LogP contribution in [0.25, 0.3) is 0 Å². The Morgan fingerprint density at radius 1 is 1.14 bits per heavy atom. The number of rotatable bonds is 7. The Hall–Kier alpha value is -2.36. The van der Waals surface area contributed by atoms with Crippen molar-refractivity contribution in [1.29, 1.82) is 0 Å². The summed E-state index contributed by atoms with van der Waals surface area (Å²) in [7, 11) is 0. The molecule has 0 fully saturated rings. The maximum absolute atomic E-state index is 10.7. The Kier molecular flexibility index (Phi) is 5.32. The number of carboxylic acids is 1. The molecule has 4 nitrogen and oxygen atoms in total. The van der Waals surface area contributed by atoms with Crippen LogP contribution < -0.4 is 4.90 Å². The highest BCUT2D eigenvalue weighted by Crippen LogP contribution is 2.17. The SMILES string of the molecule is Cc1cccc(CN(CCCC(=O)O)c2ccccc2)n1. The highest BCUT2D eigenvalue weighted by Gasteiger charge is 2.09. The average molecular weight is 284 g/mol. The van der Waals surface area contributed by atoms with Crippen molar-refractivity contribution in [1.82, 2.24) is 4.98 Å². The molecule has 0 bridgehead atoms. The zero-order chi connectivity index (χ0) is 15.1. The Balaban J connectivity index is 2.10. The van der Waals surface area contributed by atoms with Crippen molar-refractivity contribution < 1.29 is 9.90 Å². The van der Waals surface area contributed by atoms with Gasteiger partial charge in [-0.25, -0.2) is 0 Å². The number of benzene rings is 1. The summed E-state index contributed by atoms with van der Waals surface area (Å²) >= 11 is 0. The van der Waals surface area contributed by atoms with Crippen LogP contribution in [0.1, 0.15) is 24.2 Å². The summed E-state index contributed by atoms with van der Waals surface area (Å²) in [5.74, 6) is -0.753. The fourth-order valence-electron chi connectivity index (χ4n) is 2.24. The Labute approximate surface area is 125 Å². The molecule has 0 aliphatic carbocycles. The summed E-state index contributed by atoms with van der Waals surface area (Å²) in [4.78, 5) is 17.4. The van der Waals surface area contributed by atoms with Crippen molar-refractivity contribution in [2.75, 3.05) is 11.4 Å². The highest BCUT2D eigenvalue weighted by molar-refractivity contribution is 5.66. The predicted molar refractivity (Wildman–Crippen MR) is 83.3 cm³/mol. The van der Waals surface area contributed by atoms with Gasteiger partial charge in [-0.15, -0.1) is 0 Å². The van der Waals surface area contributed by atoms with Crippen LogP contribution in [0.15, 0.2) is 48.5 Å². The Bertz CT molecular complexity index is 584. The first-order valence-corrected chi connectivity index (χ1v) is 7.09. The van der Waals surface area contributed by atoms with E-state index in [0.29, 0.717) is 19.5 Å². The van der Waals surface area contributed by atoms with Crippen LogP contribution in [-0.4, -0.2) is 22.6 Å². The molecule has 0 aliphatic heterocycles. The molecular weight excluding hydrogens is 264 g/mol. The van der Waals surface area contributed by atoms with Gasteiger partial charge in [-0.1, -0.05) is 24.3 Å². The molecule has 0 radical (unpaired) electrons. The smallest absolute Gasteiger partial charge is 0.303 e. The largest absolute Gasteiger partial charge is 0.481 e. The summed E-state index contributed by atoms with van der Waals surface area (Å²) in [5.41, 5.74) is 3.08. The number of carbonyl (C=O) groups is 1. The molecule has 0 unspecified atom stereocenters. The predicted octanol–water partition coefficient (Wildman–Crippen LogP) is 3.26. The lowest BCUT2D eigenvalue weighted by Gasteiger charge is -2.24. The van der Waals surface area contributed by atoms with Gasteiger partial charge in [0.05, 0.1) is 12.2 Å². The molecule has 110 valence electrons. The van der Waals surface area contributed by atoms with Gasteiger partial charge in [0.1, 0.15) is 0 Å². The monoisotopic (exact) mass is 284 g/mol. The normalized spacial score (nSPS) is 10.3. The van der Waals surface area contributed by atoms with Gasteiger partial charge < -0.3 is 10.0 Å². The number of anilines is 1. The number of pyridine rings is 1. The van der Waals surface area contributed by atoms with E-state index in [-0.39, 0.29) is 6.42 Å². The highest BCUT2D eigenvalue weighted by atomic mass is 16.4. The zero-order valence-electron chi connectivity index (χ0n) is 12.2. The molecule has 0 amide bonds. The number of aromatic nitrogens is 1. The van der Waals surface area contributed by atoms with Crippen molar-refractivity contribution in [3.8, 4) is 0 Å². The molecule has 1 aromatic carbocycles. The van der Waals surface area contributed by atoms with Crippen LogP contribution in [0.3, 0.4) is 0 Å². The Morgan fingerprint density at radius 3 is 2.57 bits per heavy atom. The molecule has 2 aromatic rings. The van der Waals surface area contributed by atoms with Gasteiger partial charge in [-0.2, -0.15) is 0 Å². The van der Waals surface area contributed by atoms with Crippen LogP contribution in [-0.2, 0) is 11.3 Å². The lowest BCUT2D eigenvalue weighted by molar-refractivity contribution is -0.137. The molecule has 0 saturated heterocycles. The quantitative estimate of drug-likeness (QED) is 0.848. The van der Waals surface area contributed by atoms with Crippen molar-refractivity contribution in [3.05, 3.63) is 59.9 Å². The van der Waals surface area contributed by atoms with E-state index in [9.17, 15) is 4.79 Å². The maximum atomic E-state index is 10.7.